The minimum Gasteiger partial charge on any atom is -0.476 e. The maximum atomic E-state index is 11.5. The number of carboxylic acids is 1. The normalized spacial score (nSPS) is 16.3. The third-order valence-electron chi connectivity index (χ3n) is 4.48. The van der Waals surface area contributed by atoms with Gasteiger partial charge in [-0.1, -0.05) is 0 Å². The summed E-state index contributed by atoms with van der Waals surface area (Å²) in [5.41, 5.74) is 7.76. The van der Waals surface area contributed by atoms with E-state index in [2.05, 4.69) is 25.4 Å². The van der Waals surface area contributed by atoms with Crippen LogP contribution in [-0.4, -0.2) is 55.9 Å². The van der Waals surface area contributed by atoms with E-state index in [0.29, 0.717) is 31.3 Å². The summed E-state index contributed by atoms with van der Waals surface area (Å²) in [5, 5.41) is 17.1. The highest BCUT2D eigenvalue weighted by Crippen LogP contribution is 2.25. The van der Waals surface area contributed by atoms with Crippen molar-refractivity contribution >= 4 is 17.9 Å². The fourth-order valence-corrected chi connectivity index (χ4v) is 3.24. The number of nitrogens with zero attached hydrogens (tertiary/aromatic N) is 6. The fraction of sp³-hybridized carbons (Fsp3) is 0.562. The zero-order chi connectivity index (χ0) is 18.8. The molecule has 0 radical (unpaired) electrons. The van der Waals surface area contributed by atoms with Crippen LogP contribution in [0.1, 0.15) is 40.9 Å². The first-order chi connectivity index (χ1) is 12.4. The van der Waals surface area contributed by atoms with E-state index < -0.39 is 5.97 Å². The van der Waals surface area contributed by atoms with Gasteiger partial charge in [0.2, 0.25) is 11.9 Å². The summed E-state index contributed by atoms with van der Waals surface area (Å²) in [7, 11) is 3.68. The summed E-state index contributed by atoms with van der Waals surface area (Å²) >= 11 is 0. The fourth-order valence-electron chi connectivity index (χ4n) is 3.24. The highest BCUT2D eigenvalue weighted by molar-refractivity contribution is 5.87. The van der Waals surface area contributed by atoms with Gasteiger partial charge in [0.25, 0.3) is 0 Å². The molecule has 26 heavy (non-hydrogen) atoms. The van der Waals surface area contributed by atoms with Gasteiger partial charge in [-0.25, -0.2) is 4.79 Å². The zero-order valence-corrected chi connectivity index (χ0v) is 15.2. The number of hydrogen-bond donors (Lipinski definition) is 3. The lowest BCUT2D eigenvalue weighted by Crippen LogP contribution is -2.35. The van der Waals surface area contributed by atoms with Crippen molar-refractivity contribution in [3.8, 4) is 0 Å². The minimum absolute atomic E-state index is 0.135. The van der Waals surface area contributed by atoms with Crippen LogP contribution in [0, 0.1) is 0 Å². The molecule has 10 heteroatoms. The Kier molecular flexibility index (Phi) is 5.03. The summed E-state index contributed by atoms with van der Waals surface area (Å²) in [6.45, 7) is 3.08. The molecule has 3 rings (SSSR count). The van der Waals surface area contributed by atoms with Crippen LogP contribution in [0.5, 0.6) is 0 Å². The lowest BCUT2D eigenvalue weighted by molar-refractivity contribution is 0.0688. The summed E-state index contributed by atoms with van der Waals surface area (Å²) < 4.78 is 1.80. The second-order valence-electron chi connectivity index (χ2n) is 6.52. The van der Waals surface area contributed by atoms with E-state index in [1.54, 1.807) is 9.58 Å². The van der Waals surface area contributed by atoms with Gasteiger partial charge in [-0.3, -0.25) is 4.68 Å². The third kappa shape index (κ3) is 3.59. The van der Waals surface area contributed by atoms with Gasteiger partial charge in [0.05, 0.1) is 6.54 Å². The van der Waals surface area contributed by atoms with Crippen molar-refractivity contribution in [3.05, 3.63) is 22.8 Å². The van der Waals surface area contributed by atoms with Gasteiger partial charge in [-0.15, -0.1) is 0 Å². The van der Waals surface area contributed by atoms with Crippen LogP contribution in [-0.2, 0) is 25.9 Å². The highest BCUT2D eigenvalue weighted by Gasteiger charge is 2.28. The van der Waals surface area contributed by atoms with E-state index in [0.717, 1.165) is 24.1 Å². The Hall–Kier alpha value is -2.75. The number of fused-ring (bicyclic) bond motifs is 1. The van der Waals surface area contributed by atoms with Gasteiger partial charge in [-0.05, 0) is 26.2 Å². The molecule has 2 aromatic heterocycles. The summed E-state index contributed by atoms with van der Waals surface area (Å²) in [6, 6.07) is 0.135. The summed E-state index contributed by atoms with van der Waals surface area (Å²) in [6.07, 6.45) is 2.32. The van der Waals surface area contributed by atoms with E-state index >= 15 is 0 Å². The Morgan fingerprint density at radius 2 is 2.15 bits per heavy atom. The van der Waals surface area contributed by atoms with Crippen LogP contribution in [0.25, 0.3) is 0 Å². The summed E-state index contributed by atoms with van der Waals surface area (Å²) in [5.74, 6) is 0.283. The zero-order valence-electron chi connectivity index (χ0n) is 15.2. The lowest BCUT2D eigenvalue weighted by Gasteiger charge is -2.24. The van der Waals surface area contributed by atoms with Gasteiger partial charge >= 0.3 is 5.97 Å². The lowest BCUT2D eigenvalue weighted by atomic mass is 9.91. The Labute approximate surface area is 151 Å². The molecule has 140 valence electrons. The average molecular weight is 360 g/mol. The second-order valence-corrected chi connectivity index (χ2v) is 6.52. The smallest absolute Gasteiger partial charge is 0.356 e. The molecule has 0 spiro atoms. The molecule has 1 aliphatic carbocycles. The molecule has 0 bridgehead atoms. The first kappa shape index (κ1) is 18.1. The molecule has 1 aliphatic rings. The predicted molar refractivity (Wildman–Crippen MR) is 96.1 cm³/mol. The van der Waals surface area contributed by atoms with Crippen molar-refractivity contribution in [2.24, 2.45) is 0 Å². The number of carbonyl (C=O) groups is 1. The van der Waals surface area contributed by atoms with Crippen molar-refractivity contribution < 1.29 is 9.90 Å². The van der Waals surface area contributed by atoms with Crippen LogP contribution in [0.4, 0.5) is 11.9 Å². The van der Waals surface area contributed by atoms with E-state index in [4.69, 9.17) is 5.73 Å². The first-order valence-electron chi connectivity index (χ1n) is 8.62. The number of rotatable bonds is 6. The van der Waals surface area contributed by atoms with Crippen LogP contribution < -0.4 is 16.0 Å². The SMILES string of the molecule is CCn1nc(C(=O)O)c2c1CCC(NCc1nc(N)nc(N(C)C)n1)C2. The van der Waals surface area contributed by atoms with Crippen molar-refractivity contribution in [1.29, 1.82) is 0 Å². The minimum atomic E-state index is -0.977. The van der Waals surface area contributed by atoms with E-state index in [9.17, 15) is 9.90 Å². The number of carboxylic acid groups (broad SMARTS) is 1. The largest absolute Gasteiger partial charge is 0.476 e. The molecule has 0 aromatic carbocycles. The van der Waals surface area contributed by atoms with E-state index in [1.807, 2.05) is 21.0 Å². The molecule has 2 aromatic rings. The Bertz CT molecular complexity index is 817. The first-order valence-corrected chi connectivity index (χ1v) is 8.62. The molecule has 0 saturated carbocycles. The van der Waals surface area contributed by atoms with Crippen LogP contribution in [0.15, 0.2) is 0 Å². The number of hydrogen-bond acceptors (Lipinski definition) is 8. The Balaban J connectivity index is 1.72. The molecule has 0 fully saturated rings. The molecule has 10 nitrogen and oxygen atoms in total. The molecular weight excluding hydrogens is 336 g/mol. The van der Waals surface area contributed by atoms with E-state index in [1.165, 1.54) is 0 Å². The number of aromatic nitrogens is 5. The number of nitrogens with two attached hydrogens (primary N) is 1. The third-order valence-corrected chi connectivity index (χ3v) is 4.48. The molecular formula is C16H24N8O2. The van der Waals surface area contributed by atoms with Crippen LogP contribution in [0.3, 0.4) is 0 Å². The molecule has 1 unspecified atom stereocenters. The quantitative estimate of drug-likeness (QED) is 0.654. The number of nitrogens with one attached hydrogen (secondary N) is 1. The van der Waals surface area contributed by atoms with Gasteiger partial charge in [0.15, 0.2) is 5.69 Å². The maximum Gasteiger partial charge on any atom is 0.356 e. The number of aromatic carboxylic acids is 1. The van der Waals surface area contributed by atoms with Crippen LogP contribution in [0.2, 0.25) is 0 Å². The van der Waals surface area contributed by atoms with Crippen molar-refractivity contribution in [2.75, 3.05) is 24.7 Å². The molecule has 4 N–H and O–H groups in total. The molecule has 0 amide bonds. The topological polar surface area (TPSA) is 135 Å². The molecule has 2 heterocycles. The molecule has 0 saturated heterocycles. The van der Waals surface area contributed by atoms with Gasteiger partial charge in [-0.2, -0.15) is 20.1 Å². The van der Waals surface area contributed by atoms with Crippen molar-refractivity contribution in [3.63, 3.8) is 0 Å². The average Bonchev–Trinajstić information content (AvgIpc) is 2.97. The Morgan fingerprint density at radius 1 is 1.38 bits per heavy atom. The van der Waals surface area contributed by atoms with Crippen molar-refractivity contribution in [1.82, 2.24) is 30.0 Å². The highest BCUT2D eigenvalue weighted by atomic mass is 16.4. The molecule has 0 aliphatic heterocycles. The summed E-state index contributed by atoms with van der Waals surface area (Å²) in [4.78, 5) is 25.9. The van der Waals surface area contributed by atoms with Crippen LogP contribution >= 0.6 is 0 Å². The standard InChI is InChI=1S/C16H24N8O2/c1-4-24-11-6-5-9(7-10(11)13(22-24)14(25)26)18-8-12-19-15(17)21-16(20-12)23(2)3/h9,18H,4-8H2,1-3H3,(H,25,26)(H2,17,19,20,21). The van der Waals surface area contributed by atoms with Gasteiger partial charge < -0.3 is 21.1 Å². The number of anilines is 2. The number of aryl methyl sites for hydroxylation is 1. The van der Waals surface area contributed by atoms with Crippen molar-refractivity contribution in [2.45, 2.75) is 45.3 Å². The van der Waals surface area contributed by atoms with E-state index in [-0.39, 0.29) is 17.7 Å². The molecule has 1 atom stereocenters. The number of nitrogen functional groups attached to an aromatic ring is 1. The monoisotopic (exact) mass is 360 g/mol. The maximum absolute atomic E-state index is 11.5. The Morgan fingerprint density at radius 3 is 2.81 bits per heavy atom. The predicted octanol–water partition coefficient (Wildman–Crippen LogP) is 0.0815. The second kappa shape index (κ2) is 7.24. The van der Waals surface area contributed by atoms with Gasteiger partial charge in [0.1, 0.15) is 5.82 Å². The van der Waals surface area contributed by atoms with Gasteiger partial charge in [0, 0.05) is 37.9 Å².